The Balaban J connectivity index is 2.87. The van der Waals surface area contributed by atoms with E-state index in [-0.39, 0.29) is 21.6 Å². The number of phenolic OH excluding ortho intramolecular Hbond substituents is 2. The highest BCUT2D eigenvalue weighted by Crippen LogP contribution is 2.35. The fourth-order valence-electron chi connectivity index (χ4n) is 2.06. The Morgan fingerprint density at radius 2 is 1.50 bits per heavy atom. The van der Waals surface area contributed by atoms with Crippen LogP contribution in [0.2, 0.25) is 0 Å². The van der Waals surface area contributed by atoms with Crippen molar-refractivity contribution in [1.29, 1.82) is 10.5 Å². The molecule has 0 fully saturated rings. The van der Waals surface area contributed by atoms with E-state index in [9.17, 15) is 18.6 Å². The van der Waals surface area contributed by atoms with Gasteiger partial charge in [-0.25, -0.2) is 8.42 Å². The first-order valence-corrected chi connectivity index (χ1v) is 7.52. The van der Waals surface area contributed by atoms with E-state index >= 15 is 0 Å². The molecule has 110 valence electrons. The van der Waals surface area contributed by atoms with Crippen molar-refractivity contribution in [2.45, 2.75) is 16.7 Å². The van der Waals surface area contributed by atoms with Gasteiger partial charge < -0.3 is 10.2 Å². The van der Waals surface area contributed by atoms with Gasteiger partial charge in [-0.3, -0.25) is 0 Å². The van der Waals surface area contributed by atoms with E-state index in [2.05, 4.69) is 0 Å². The predicted octanol–water partition coefficient (Wildman–Crippen LogP) is 1.98. The molecule has 7 heteroatoms. The summed E-state index contributed by atoms with van der Waals surface area (Å²) < 4.78 is 25.6. The lowest BCUT2D eigenvalue weighted by atomic mass is 10.1. The summed E-state index contributed by atoms with van der Waals surface area (Å²) >= 11 is 0. The van der Waals surface area contributed by atoms with Gasteiger partial charge in [0, 0.05) is 6.07 Å². The molecule has 0 bridgehead atoms. The number of benzene rings is 2. The quantitative estimate of drug-likeness (QED) is 0.817. The van der Waals surface area contributed by atoms with Gasteiger partial charge in [0.2, 0.25) is 9.84 Å². The van der Waals surface area contributed by atoms with Gasteiger partial charge >= 0.3 is 0 Å². The second-order valence-electron chi connectivity index (χ2n) is 4.52. The number of aryl methyl sites for hydroxylation is 1. The lowest BCUT2D eigenvalue weighted by molar-refractivity contribution is 0.401. The molecule has 0 amide bonds. The highest BCUT2D eigenvalue weighted by molar-refractivity contribution is 7.91. The molecule has 0 aromatic heterocycles. The van der Waals surface area contributed by atoms with Gasteiger partial charge in [0.1, 0.15) is 17.0 Å². The molecule has 0 saturated heterocycles. The fraction of sp³-hybridized carbons (Fsp3) is 0.0667. The van der Waals surface area contributed by atoms with Crippen molar-refractivity contribution in [3.8, 4) is 23.6 Å². The van der Waals surface area contributed by atoms with Gasteiger partial charge in [-0.1, -0.05) is 6.07 Å². The summed E-state index contributed by atoms with van der Waals surface area (Å²) in [5, 5.41) is 37.2. The minimum Gasteiger partial charge on any atom is -0.504 e. The predicted molar refractivity (Wildman–Crippen MR) is 75.8 cm³/mol. The van der Waals surface area contributed by atoms with E-state index in [0.717, 1.165) is 12.1 Å². The van der Waals surface area contributed by atoms with Crippen molar-refractivity contribution in [2.75, 3.05) is 0 Å². The number of rotatable bonds is 2. The molecule has 0 aliphatic rings. The van der Waals surface area contributed by atoms with Crippen molar-refractivity contribution in [3.05, 3.63) is 47.0 Å². The fourth-order valence-corrected chi connectivity index (χ4v) is 3.84. The molecule has 0 unspecified atom stereocenters. The molecule has 2 rings (SSSR count). The number of nitrogens with zero attached hydrogens (tertiary/aromatic N) is 2. The highest BCUT2D eigenvalue weighted by atomic mass is 32.2. The van der Waals surface area contributed by atoms with Crippen LogP contribution in [-0.2, 0) is 9.84 Å². The summed E-state index contributed by atoms with van der Waals surface area (Å²) in [5.74, 6) is -1.05. The van der Waals surface area contributed by atoms with E-state index in [4.69, 9.17) is 10.5 Å². The van der Waals surface area contributed by atoms with Crippen LogP contribution in [0, 0.1) is 29.6 Å². The van der Waals surface area contributed by atoms with Crippen LogP contribution >= 0.6 is 0 Å². The van der Waals surface area contributed by atoms with E-state index in [1.54, 1.807) is 12.1 Å². The zero-order valence-corrected chi connectivity index (χ0v) is 12.2. The molecule has 22 heavy (non-hydrogen) atoms. The molecular formula is C15H10N2O4S. The van der Waals surface area contributed by atoms with Gasteiger partial charge in [0.15, 0.2) is 11.5 Å². The van der Waals surface area contributed by atoms with Crippen LogP contribution in [0.25, 0.3) is 0 Å². The highest BCUT2D eigenvalue weighted by Gasteiger charge is 2.27. The second kappa shape index (κ2) is 5.40. The first-order chi connectivity index (χ1) is 10.3. The van der Waals surface area contributed by atoms with Crippen LogP contribution in [-0.4, -0.2) is 18.6 Å². The molecule has 2 N–H and O–H groups in total. The lowest BCUT2D eigenvalue weighted by Gasteiger charge is -2.11. The molecule has 0 saturated carbocycles. The van der Waals surface area contributed by atoms with E-state index < -0.39 is 26.2 Å². The van der Waals surface area contributed by atoms with Crippen LogP contribution < -0.4 is 0 Å². The van der Waals surface area contributed by atoms with Crippen LogP contribution in [0.4, 0.5) is 0 Å². The summed E-state index contributed by atoms with van der Waals surface area (Å²) in [6, 6.07) is 9.50. The molecular weight excluding hydrogens is 304 g/mol. The number of phenols is 2. The zero-order valence-electron chi connectivity index (χ0n) is 11.4. The lowest BCUT2D eigenvalue weighted by Crippen LogP contribution is -2.08. The van der Waals surface area contributed by atoms with Gasteiger partial charge in [-0.05, 0) is 30.7 Å². The number of hydrogen-bond acceptors (Lipinski definition) is 6. The van der Waals surface area contributed by atoms with Crippen LogP contribution in [0.3, 0.4) is 0 Å². The summed E-state index contributed by atoms with van der Waals surface area (Å²) in [4.78, 5) is -0.685. The monoisotopic (exact) mass is 314 g/mol. The van der Waals surface area contributed by atoms with Gasteiger partial charge in [-0.2, -0.15) is 10.5 Å². The Labute approximate surface area is 127 Å². The standard InChI is InChI=1S/C15H10N2O4S/c1-9-5-12(18)13(19)6-14(9)22(20,21)15-10(7-16)3-2-4-11(15)8-17/h2-6,18-19H,1H3. The second-order valence-corrected chi connectivity index (χ2v) is 6.37. The average molecular weight is 314 g/mol. The Bertz CT molecular complexity index is 918. The Hall–Kier alpha value is -3.03. The topological polar surface area (TPSA) is 122 Å². The van der Waals surface area contributed by atoms with Crippen molar-refractivity contribution in [2.24, 2.45) is 0 Å². The van der Waals surface area contributed by atoms with Crippen molar-refractivity contribution >= 4 is 9.84 Å². The normalized spacial score (nSPS) is 10.7. The maximum atomic E-state index is 12.8. The Morgan fingerprint density at radius 3 is 2.00 bits per heavy atom. The SMILES string of the molecule is Cc1cc(O)c(O)cc1S(=O)(=O)c1c(C#N)cccc1C#N. The van der Waals surface area contributed by atoms with Crippen molar-refractivity contribution < 1.29 is 18.6 Å². The molecule has 0 atom stereocenters. The third-order valence-corrected chi connectivity index (χ3v) is 5.08. The Morgan fingerprint density at radius 1 is 1.00 bits per heavy atom. The maximum absolute atomic E-state index is 12.8. The zero-order chi connectivity index (χ0) is 16.5. The molecule has 0 heterocycles. The van der Waals surface area contributed by atoms with Crippen LogP contribution in [0.1, 0.15) is 16.7 Å². The smallest absolute Gasteiger partial charge is 0.209 e. The van der Waals surface area contributed by atoms with Gasteiger partial charge in [0.25, 0.3) is 0 Å². The number of hydrogen-bond donors (Lipinski definition) is 2. The molecule has 0 spiro atoms. The van der Waals surface area contributed by atoms with Gasteiger partial charge in [-0.15, -0.1) is 0 Å². The Kier molecular flexibility index (Phi) is 3.77. The average Bonchev–Trinajstić information content (AvgIpc) is 2.49. The summed E-state index contributed by atoms with van der Waals surface area (Å²) in [6.07, 6.45) is 0. The molecule has 6 nitrogen and oxygen atoms in total. The summed E-state index contributed by atoms with van der Waals surface area (Å²) in [6.45, 7) is 1.44. The molecule has 2 aromatic rings. The molecule has 0 aliphatic carbocycles. The van der Waals surface area contributed by atoms with Crippen molar-refractivity contribution in [1.82, 2.24) is 0 Å². The van der Waals surface area contributed by atoms with E-state index in [1.807, 2.05) is 0 Å². The third kappa shape index (κ3) is 2.34. The largest absolute Gasteiger partial charge is 0.504 e. The third-order valence-electron chi connectivity index (χ3n) is 3.09. The minimum absolute atomic E-state index is 0.161. The number of nitriles is 2. The van der Waals surface area contributed by atoms with Crippen LogP contribution in [0.15, 0.2) is 40.1 Å². The first-order valence-electron chi connectivity index (χ1n) is 6.03. The van der Waals surface area contributed by atoms with Gasteiger partial charge in [0.05, 0.1) is 16.0 Å². The summed E-state index contributed by atoms with van der Waals surface area (Å²) in [5.41, 5.74) is -0.135. The van der Waals surface area contributed by atoms with E-state index in [0.29, 0.717) is 0 Å². The first kappa shape index (κ1) is 15.4. The number of aromatic hydroxyl groups is 2. The number of sulfone groups is 1. The van der Waals surface area contributed by atoms with Crippen LogP contribution in [0.5, 0.6) is 11.5 Å². The van der Waals surface area contributed by atoms with E-state index in [1.165, 1.54) is 25.1 Å². The minimum atomic E-state index is -4.21. The maximum Gasteiger partial charge on any atom is 0.209 e. The molecule has 0 aliphatic heterocycles. The molecule has 0 radical (unpaired) electrons. The summed E-state index contributed by atoms with van der Waals surface area (Å²) in [7, 11) is -4.21. The molecule has 2 aromatic carbocycles. The van der Waals surface area contributed by atoms with Crippen molar-refractivity contribution in [3.63, 3.8) is 0 Å².